The highest BCUT2D eigenvalue weighted by Crippen LogP contribution is 2.62. The van der Waals surface area contributed by atoms with E-state index < -0.39 is 5.41 Å². The van der Waals surface area contributed by atoms with Gasteiger partial charge in [-0.15, -0.1) is 0 Å². The van der Waals surface area contributed by atoms with Crippen LogP contribution in [0.2, 0.25) is 0 Å². The standard InChI is InChI=1S/C49H30N2O/c1-2-14-31(15-3-1)50(32-28-29-46-38(30-32)36-19-7-11-27-45(36)52-46)44-26-13-24-42-48(44)51-43-25-10-6-18-35(43)37-20-12-23-41(47(37)51)49(42)39-21-8-4-16-33(39)34-17-5-9-22-40(34)49/h1-30H. The Bertz CT molecular complexity index is 3050. The number of anilines is 3. The van der Waals surface area contributed by atoms with Crippen LogP contribution in [0.1, 0.15) is 22.3 Å². The highest BCUT2D eigenvalue weighted by Gasteiger charge is 2.51. The maximum absolute atomic E-state index is 6.31. The van der Waals surface area contributed by atoms with Crippen LogP contribution in [0.15, 0.2) is 186 Å². The molecular weight excluding hydrogens is 633 g/mol. The molecule has 0 amide bonds. The third-order valence-electron chi connectivity index (χ3n) is 11.6. The molecule has 3 nitrogen and oxygen atoms in total. The summed E-state index contributed by atoms with van der Waals surface area (Å²) >= 11 is 0. The Hall–Kier alpha value is -6.84. The summed E-state index contributed by atoms with van der Waals surface area (Å²) in [7, 11) is 0. The molecule has 0 fully saturated rings. The van der Waals surface area contributed by atoms with E-state index in [1.807, 2.05) is 12.1 Å². The van der Waals surface area contributed by atoms with Crippen LogP contribution >= 0.6 is 0 Å². The molecule has 52 heavy (non-hydrogen) atoms. The normalized spacial score (nSPS) is 13.5. The number of aromatic nitrogens is 1. The molecule has 8 aromatic carbocycles. The zero-order chi connectivity index (χ0) is 34.0. The van der Waals surface area contributed by atoms with E-state index in [2.05, 4.69) is 179 Å². The van der Waals surface area contributed by atoms with E-state index in [4.69, 9.17) is 4.42 Å². The fraction of sp³-hybridized carbons (Fsp3) is 0.0204. The van der Waals surface area contributed by atoms with E-state index in [0.717, 1.165) is 39.0 Å². The van der Waals surface area contributed by atoms with Crippen molar-refractivity contribution in [3.8, 4) is 16.8 Å². The summed E-state index contributed by atoms with van der Waals surface area (Å²) in [6.07, 6.45) is 0. The third-order valence-corrected chi connectivity index (χ3v) is 11.6. The van der Waals surface area contributed by atoms with Gasteiger partial charge < -0.3 is 13.9 Å². The van der Waals surface area contributed by atoms with Gasteiger partial charge in [0.1, 0.15) is 11.2 Å². The highest BCUT2D eigenvalue weighted by molar-refractivity contribution is 6.14. The molecule has 1 aliphatic carbocycles. The van der Waals surface area contributed by atoms with Gasteiger partial charge in [-0.2, -0.15) is 0 Å². The average molecular weight is 663 g/mol. The molecular formula is C49H30N2O. The van der Waals surface area contributed by atoms with Gasteiger partial charge in [0.15, 0.2) is 0 Å². The molecule has 0 unspecified atom stereocenters. The summed E-state index contributed by atoms with van der Waals surface area (Å²) in [4.78, 5) is 2.44. The second-order valence-corrected chi connectivity index (χ2v) is 14.0. The Morgan fingerprint density at radius 1 is 0.423 bits per heavy atom. The fourth-order valence-corrected chi connectivity index (χ4v) is 9.62. The van der Waals surface area contributed by atoms with Crippen LogP contribution in [0.3, 0.4) is 0 Å². The topological polar surface area (TPSA) is 21.3 Å². The van der Waals surface area contributed by atoms with Crippen molar-refractivity contribution in [3.05, 3.63) is 204 Å². The molecule has 2 aliphatic rings. The summed E-state index contributed by atoms with van der Waals surface area (Å²) in [6, 6.07) is 66.6. The van der Waals surface area contributed by atoms with Crippen LogP contribution in [0.25, 0.3) is 60.6 Å². The first kappa shape index (κ1) is 27.9. The van der Waals surface area contributed by atoms with Crippen LogP contribution in [0, 0.1) is 0 Å². The zero-order valence-electron chi connectivity index (χ0n) is 28.1. The first-order valence-electron chi connectivity index (χ1n) is 17.9. The van der Waals surface area contributed by atoms with Crippen LogP contribution in [0.5, 0.6) is 0 Å². The van der Waals surface area contributed by atoms with Crippen LogP contribution < -0.4 is 4.90 Å². The number of benzene rings is 8. The zero-order valence-corrected chi connectivity index (χ0v) is 28.1. The minimum absolute atomic E-state index is 0.518. The number of fused-ring (bicyclic) bond motifs is 15. The van der Waals surface area contributed by atoms with Gasteiger partial charge in [-0.3, -0.25) is 0 Å². The highest BCUT2D eigenvalue weighted by atomic mass is 16.3. The number of hydrogen-bond acceptors (Lipinski definition) is 2. The van der Waals surface area contributed by atoms with Crippen molar-refractivity contribution in [1.29, 1.82) is 0 Å². The van der Waals surface area contributed by atoms with Gasteiger partial charge in [-0.05, 0) is 81.9 Å². The van der Waals surface area contributed by atoms with E-state index >= 15 is 0 Å². The van der Waals surface area contributed by atoms with Gasteiger partial charge in [-0.25, -0.2) is 0 Å². The Kier molecular flexibility index (Phi) is 5.43. The van der Waals surface area contributed by atoms with Crippen molar-refractivity contribution >= 4 is 60.8 Å². The Morgan fingerprint density at radius 2 is 1.04 bits per heavy atom. The van der Waals surface area contributed by atoms with Crippen molar-refractivity contribution in [2.75, 3.05) is 4.90 Å². The number of rotatable bonds is 3. The molecule has 0 atom stereocenters. The van der Waals surface area contributed by atoms with Gasteiger partial charge in [0.2, 0.25) is 0 Å². The third kappa shape index (κ3) is 3.40. The maximum atomic E-state index is 6.31. The van der Waals surface area contributed by atoms with Crippen molar-refractivity contribution in [3.63, 3.8) is 0 Å². The van der Waals surface area contributed by atoms with Crippen molar-refractivity contribution in [2.45, 2.75) is 5.41 Å². The van der Waals surface area contributed by atoms with Crippen molar-refractivity contribution < 1.29 is 4.42 Å². The van der Waals surface area contributed by atoms with Gasteiger partial charge in [0.05, 0.1) is 27.8 Å². The minimum Gasteiger partial charge on any atom is -0.456 e. The number of nitrogens with zero attached hydrogens (tertiary/aromatic N) is 2. The van der Waals surface area contributed by atoms with E-state index in [1.165, 1.54) is 60.9 Å². The van der Waals surface area contributed by atoms with E-state index in [0.29, 0.717) is 0 Å². The lowest BCUT2D eigenvalue weighted by molar-refractivity contribution is 0.669. The summed E-state index contributed by atoms with van der Waals surface area (Å²) < 4.78 is 8.87. The van der Waals surface area contributed by atoms with Gasteiger partial charge >= 0.3 is 0 Å². The molecule has 0 saturated carbocycles. The van der Waals surface area contributed by atoms with E-state index in [9.17, 15) is 0 Å². The summed E-state index contributed by atoms with van der Waals surface area (Å²) in [6.45, 7) is 0. The molecule has 2 aromatic heterocycles. The molecule has 1 spiro atoms. The monoisotopic (exact) mass is 662 g/mol. The van der Waals surface area contributed by atoms with Gasteiger partial charge in [-0.1, -0.05) is 133 Å². The molecule has 0 saturated heterocycles. The molecule has 3 heterocycles. The molecule has 3 heteroatoms. The lowest BCUT2D eigenvalue weighted by Crippen LogP contribution is -2.34. The predicted molar refractivity (Wildman–Crippen MR) is 214 cm³/mol. The molecule has 242 valence electrons. The fourth-order valence-electron chi connectivity index (χ4n) is 9.62. The van der Waals surface area contributed by atoms with Crippen LogP contribution in [-0.2, 0) is 5.41 Å². The summed E-state index contributed by atoms with van der Waals surface area (Å²) in [5, 5.41) is 4.75. The first-order valence-corrected chi connectivity index (χ1v) is 17.9. The minimum atomic E-state index is -0.518. The van der Waals surface area contributed by atoms with E-state index in [-0.39, 0.29) is 0 Å². The SMILES string of the molecule is c1ccc(N(c2ccc3oc4ccccc4c3c2)c2cccc3c2-n2c4ccccc4c4cccc(c42)C32c3ccccc3-c3ccccc32)cc1. The Labute approximate surface area is 300 Å². The van der Waals surface area contributed by atoms with Crippen LogP contribution in [-0.4, -0.2) is 4.57 Å². The lowest BCUT2D eigenvalue weighted by atomic mass is 9.65. The number of furan rings is 1. The summed E-state index contributed by atoms with van der Waals surface area (Å²) in [5.41, 5.74) is 16.1. The second-order valence-electron chi connectivity index (χ2n) is 14.0. The Morgan fingerprint density at radius 3 is 1.87 bits per heavy atom. The van der Waals surface area contributed by atoms with Gasteiger partial charge in [0, 0.05) is 32.9 Å². The molecule has 0 radical (unpaired) electrons. The lowest BCUT2D eigenvalue weighted by Gasteiger charge is -2.41. The van der Waals surface area contributed by atoms with Crippen LogP contribution in [0.4, 0.5) is 17.1 Å². The number of para-hydroxylation sites is 5. The van der Waals surface area contributed by atoms with Crippen molar-refractivity contribution in [1.82, 2.24) is 4.57 Å². The van der Waals surface area contributed by atoms with Crippen molar-refractivity contribution in [2.24, 2.45) is 0 Å². The molecule has 0 N–H and O–H groups in total. The number of hydrogen-bond donors (Lipinski definition) is 0. The molecule has 10 aromatic rings. The average Bonchev–Trinajstić information content (AvgIpc) is 3.85. The second kappa shape index (κ2) is 10.1. The van der Waals surface area contributed by atoms with Gasteiger partial charge in [0.25, 0.3) is 0 Å². The first-order chi connectivity index (χ1) is 25.8. The predicted octanol–water partition coefficient (Wildman–Crippen LogP) is 12.8. The largest absolute Gasteiger partial charge is 0.456 e. The molecule has 0 bridgehead atoms. The maximum Gasteiger partial charge on any atom is 0.135 e. The Balaban J connectivity index is 1.27. The summed E-state index contributed by atoms with van der Waals surface area (Å²) in [5.74, 6) is 0. The van der Waals surface area contributed by atoms with E-state index in [1.54, 1.807) is 0 Å². The quantitative estimate of drug-likeness (QED) is 0.188. The molecule has 12 rings (SSSR count). The smallest absolute Gasteiger partial charge is 0.135 e. The molecule has 1 aliphatic heterocycles.